The monoisotopic (exact) mass is 377 g/mol. The fourth-order valence-electron chi connectivity index (χ4n) is 3.52. The van der Waals surface area contributed by atoms with Crippen LogP contribution in [0.15, 0.2) is 60.7 Å². The molecule has 0 radical (unpaired) electrons. The van der Waals surface area contributed by atoms with Gasteiger partial charge in [0, 0.05) is 0 Å². The second-order valence-electron chi connectivity index (χ2n) is 8.36. The van der Waals surface area contributed by atoms with Gasteiger partial charge in [-0.2, -0.15) is 0 Å². The first kappa shape index (κ1) is 19.9. The van der Waals surface area contributed by atoms with Crippen molar-refractivity contribution in [2.24, 2.45) is 5.92 Å². The molecule has 0 spiro atoms. The standard InChI is InChI=1S/C24H27NO3/c1-16(2)20-22(26)19(17-12-8-6-9-13-17)21(18-14-10-7-11-15-18)25(20)23(27)28-24(3,4)5/h6-16,20H,1-5H3. The fraction of sp³-hybridized carbons (Fsp3) is 0.333. The number of nitrogens with zero attached hydrogens (tertiary/aromatic N) is 1. The summed E-state index contributed by atoms with van der Waals surface area (Å²) in [5.74, 6) is -0.106. The number of benzene rings is 2. The number of carbonyl (C=O) groups is 2. The summed E-state index contributed by atoms with van der Waals surface area (Å²) in [5, 5.41) is 0. The van der Waals surface area contributed by atoms with E-state index in [0.717, 1.165) is 11.1 Å². The predicted molar refractivity (Wildman–Crippen MR) is 111 cm³/mol. The van der Waals surface area contributed by atoms with Crippen LogP contribution in [0.4, 0.5) is 4.79 Å². The highest BCUT2D eigenvalue weighted by Crippen LogP contribution is 2.41. The van der Waals surface area contributed by atoms with Crippen LogP contribution in [0.3, 0.4) is 0 Å². The molecular formula is C24H27NO3. The maximum absolute atomic E-state index is 13.5. The second kappa shape index (κ2) is 7.63. The number of ketones is 1. The Morgan fingerprint density at radius 2 is 1.43 bits per heavy atom. The molecule has 1 heterocycles. The highest BCUT2D eigenvalue weighted by atomic mass is 16.6. The summed E-state index contributed by atoms with van der Waals surface area (Å²) in [4.78, 5) is 28.3. The highest BCUT2D eigenvalue weighted by molar-refractivity contribution is 6.34. The molecule has 4 heteroatoms. The number of carbonyl (C=O) groups excluding carboxylic acids is 2. The number of hydrogen-bond acceptors (Lipinski definition) is 3. The average Bonchev–Trinajstić information content (AvgIpc) is 2.95. The van der Waals surface area contributed by atoms with E-state index in [4.69, 9.17) is 4.74 Å². The molecule has 0 N–H and O–H groups in total. The molecule has 2 aromatic carbocycles. The van der Waals surface area contributed by atoms with Crippen LogP contribution in [0.25, 0.3) is 11.3 Å². The molecular weight excluding hydrogens is 350 g/mol. The third-order valence-electron chi connectivity index (χ3n) is 4.60. The van der Waals surface area contributed by atoms with Gasteiger partial charge in [-0.15, -0.1) is 0 Å². The number of ether oxygens (including phenoxy) is 1. The van der Waals surface area contributed by atoms with Crippen LogP contribution in [0.5, 0.6) is 0 Å². The van der Waals surface area contributed by atoms with Gasteiger partial charge in [0.2, 0.25) is 0 Å². The van der Waals surface area contributed by atoms with Crippen LogP contribution in [0.1, 0.15) is 45.7 Å². The van der Waals surface area contributed by atoms with Crippen molar-refractivity contribution in [3.8, 4) is 0 Å². The van der Waals surface area contributed by atoms with Crippen molar-refractivity contribution in [1.82, 2.24) is 4.90 Å². The largest absolute Gasteiger partial charge is 0.443 e. The summed E-state index contributed by atoms with van der Waals surface area (Å²) in [7, 11) is 0. The van der Waals surface area contributed by atoms with Crippen molar-refractivity contribution < 1.29 is 14.3 Å². The maximum Gasteiger partial charge on any atom is 0.415 e. The van der Waals surface area contributed by atoms with Gasteiger partial charge in [-0.25, -0.2) is 4.79 Å². The van der Waals surface area contributed by atoms with Crippen molar-refractivity contribution in [2.75, 3.05) is 0 Å². The molecule has 28 heavy (non-hydrogen) atoms. The van der Waals surface area contributed by atoms with Crippen LogP contribution in [-0.4, -0.2) is 28.4 Å². The number of amides is 1. The van der Waals surface area contributed by atoms with Gasteiger partial charge in [0.1, 0.15) is 11.6 Å². The summed E-state index contributed by atoms with van der Waals surface area (Å²) >= 11 is 0. The molecule has 0 saturated carbocycles. The molecule has 1 atom stereocenters. The van der Waals surface area contributed by atoms with Gasteiger partial charge in [-0.05, 0) is 37.8 Å². The molecule has 1 unspecified atom stereocenters. The molecule has 1 aliphatic rings. The Hall–Kier alpha value is -2.88. The van der Waals surface area contributed by atoms with Gasteiger partial charge in [0.25, 0.3) is 0 Å². The van der Waals surface area contributed by atoms with E-state index in [1.807, 2.05) is 95.3 Å². The fourth-order valence-corrected chi connectivity index (χ4v) is 3.52. The maximum atomic E-state index is 13.5. The van der Waals surface area contributed by atoms with Gasteiger partial charge < -0.3 is 4.74 Å². The van der Waals surface area contributed by atoms with Crippen LogP contribution >= 0.6 is 0 Å². The quantitative estimate of drug-likeness (QED) is 0.719. The second-order valence-corrected chi connectivity index (χ2v) is 8.36. The molecule has 0 aromatic heterocycles. The average molecular weight is 377 g/mol. The first-order chi connectivity index (χ1) is 13.2. The summed E-state index contributed by atoms with van der Waals surface area (Å²) in [6, 6.07) is 18.5. The van der Waals surface area contributed by atoms with Gasteiger partial charge in [0.15, 0.2) is 5.78 Å². The molecule has 4 nitrogen and oxygen atoms in total. The highest BCUT2D eigenvalue weighted by Gasteiger charge is 2.46. The van der Waals surface area contributed by atoms with E-state index in [9.17, 15) is 9.59 Å². The number of rotatable bonds is 3. The van der Waals surface area contributed by atoms with E-state index in [1.54, 1.807) is 4.90 Å². The van der Waals surface area contributed by atoms with Crippen molar-refractivity contribution in [3.05, 3.63) is 71.8 Å². The smallest absolute Gasteiger partial charge is 0.415 e. The lowest BCUT2D eigenvalue weighted by atomic mass is 9.93. The first-order valence-electron chi connectivity index (χ1n) is 9.62. The zero-order valence-corrected chi connectivity index (χ0v) is 17.1. The van der Waals surface area contributed by atoms with Crippen LogP contribution < -0.4 is 0 Å². The lowest BCUT2D eigenvalue weighted by molar-refractivity contribution is -0.117. The van der Waals surface area contributed by atoms with Crippen molar-refractivity contribution in [1.29, 1.82) is 0 Å². The zero-order valence-electron chi connectivity index (χ0n) is 17.1. The normalized spacial score (nSPS) is 17.4. The summed E-state index contributed by atoms with van der Waals surface area (Å²) in [6.45, 7) is 9.40. The van der Waals surface area contributed by atoms with Crippen molar-refractivity contribution >= 4 is 23.1 Å². The number of Topliss-reactive ketones (excluding diaryl/α,β-unsaturated/α-hetero) is 1. The van der Waals surface area contributed by atoms with E-state index in [0.29, 0.717) is 11.3 Å². The lowest BCUT2D eigenvalue weighted by Gasteiger charge is -2.31. The Morgan fingerprint density at radius 3 is 1.89 bits per heavy atom. The Balaban J connectivity index is 2.24. The Bertz CT molecular complexity index is 892. The zero-order chi connectivity index (χ0) is 20.5. The van der Waals surface area contributed by atoms with Crippen molar-refractivity contribution in [2.45, 2.75) is 46.3 Å². The van der Waals surface area contributed by atoms with Crippen LogP contribution in [-0.2, 0) is 9.53 Å². The third kappa shape index (κ3) is 3.86. The van der Waals surface area contributed by atoms with Crippen LogP contribution in [0, 0.1) is 5.92 Å². The van der Waals surface area contributed by atoms with Crippen LogP contribution in [0.2, 0.25) is 0 Å². The SMILES string of the molecule is CC(C)C1C(=O)C(c2ccccc2)=C(c2ccccc2)N1C(=O)OC(C)(C)C. The molecule has 1 amide bonds. The topological polar surface area (TPSA) is 46.6 Å². The van der Waals surface area contributed by atoms with Crippen molar-refractivity contribution in [3.63, 3.8) is 0 Å². The summed E-state index contributed by atoms with van der Waals surface area (Å²) in [5.41, 5.74) is 2.16. The third-order valence-corrected chi connectivity index (χ3v) is 4.60. The molecule has 0 aliphatic carbocycles. The number of hydrogen-bond donors (Lipinski definition) is 0. The van der Waals surface area contributed by atoms with E-state index >= 15 is 0 Å². The lowest BCUT2D eigenvalue weighted by Crippen LogP contribution is -2.44. The Morgan fingerprint density at radius 1 is 0.929 bits per heavy atom. The molecule has 2 aromatic rings. The van der Waals surface area contributed by atoms with E-state index in [1.165, 1.54) is 0 Å². The first-order valence-corrected chi connectivity index (χ1v) is 9.62. The molecule has 146 valence electrons. The van der Waals surface area contributed by atoms with Gasteiger partial charge >= 0.3 is 6.09 Å². The van der Waals surface area contributed by atoms with Gasteiger partial charge in [0.05, 0.1) is 11.3 Å². The molecule has 3 rings (SSSR count). The van der Waals surface area contributed by atoms with E-state index in [2.05, 4.69) is 0 Å². The Kier molecular flexibility index (Phi) is 5.41. The van der Waals surface area contributed by atoms with E-state index < -0.39 is 17.7 Å². The molecule has 1 aliphatic heterocycles. The summed E-state index contributed by atoms with van der Waals surface area (Å²) in [6.07, 6.45) is -0.496. The minimum Gasteiger partial charge on any atom is -0.443 e. The summed E-state index contributed by atoms with van der Waals surface area (Å²) < 4.78 is 5.69. The van der Waals surface area contributed by atoms with Gasteiger partial charge in [-0.3, -0.25) is 9.69 Å². The minimum absolute atomic E-state index is 0.0501. The minimum atomic E-state index is -0.654. The van der Waals surface area contributed by atoms with E-state index in [-0.39, 0.29) is 11.7 Å². The molecule has 0 bridgehead atoms. The Labute approximate surface area is 166 Å². The predicted octanol–water partition coefficient (Wildman–Crippen LogP) is 5.40. The molecule has 0 fully saturated rings. The van der Waals surface area contributed by atoms with Gasteiger partial charge in [-0.1, -0.05) is 74.5 Å². The molecule has 0 saturated heterocycles.